The number of nitrogens with zero attached hydrogens (tertiary/aromatic N) is 1. The Hall–Kier alpha value is -2.44. The molecule has 0 aliphatic heterocycles. The van der Waals surface area contributed by atoms with Gasteiger partial charge < -0.3 is 10.2 Å². The van der Waals surface area contributed by atoms with Gasteiger partial charge >= 0.3 is 0 Å². The zero-order valence-corrected chi connectivity index (χ0v) is 14.7. The summed E-state index contributed by atoms with van der Waals surface area (Å²) >= 11 is 2.98. The van der Waals surface area contributed by atoms with E-state index in [4.69, 9.17) is 0 Å². The molecule has 2 heterocycles. The van der Waals surface area contributed by atoms with Crippen LogP contribution < -0.4 is 10.2 Å². The van der Waals surface area contributed by atoms with Gasteiger partial charge in [0.25, 0.3) is 11.8 Å². The molecule has 24 heavy (non-hydrogen) atoms. The minimum atomic E-state index is -0.152. The first kappa shape index (κ1) is 16.4. The number of rotatable bonds is 5. The molecule has 0 aliphatic carbocycles. The fourth-order valence-electron chi connectivity index (χ4n) is 2.33. The van der Waals surface area contributed by atoms with Crippen molar-refractivity contribution in [2.24, 2.45) is 0 Å². The summed E-state index contributed by atoms with van der Waals surface area (Å²) in [6, 6.07) is 10.9. The van der Waals surface area contributed by atoms with Crippen LogP contribution >= 0.6 is 22.7 Å². The summed E-state index contributed by atoms with van der Waals surface area (Å²) in [5.41, 5.74) is 2.73. The molecule has 1 aromatic carbocycles. The highest BCUT2D eigenvalue weighted by atomic mass is 32.1. The second kappa shape index (κ2) is 7.42. The maximum absolute atomic E-state index is 12.6. The first-order chi connectivity index (χ1) is 11.7. The van der Waals surface area contributed by atoms with Crippen LogP contribution in [0.1, 0.15) is 27.6 Å². The molecule has 122 valence electrons. The van der Waals surface area contributed by atoms with Crippen molar-refractivity contribution in [3.63, 3.8) is 0 Å². The lowest BCUT2D eigenvalue weighted by atomic mass is 10.2. The Labute approximate surface area is 148 Å². The molecular formula is C18H16N2O2S2. The summed E-state index contributed by atoms with van der Waals surface area (Å²) in [7, 11) is 0. The largest absolute Gasteiger partial charge is 0.322 e. The van der Waals surface area contributed by atoms with E-state index < -0.39 is 0 Å². The van der Waals surface area contributed by atoms with Gasteiger partial charge in [0.15, 0.2) is 0 Å². The topological polar surface area (TPSA) is 49.4 Å². The van der Waals surface area contributed by atoms with Crippen molar-refractivity contribution in [1.29, 1.82) is 0 Å². The average Bonchev–Trinajstić information content (AvgIpc) is 3.29. The lowest BCUT2D eigenvalue weighted by Gasteiger charge is -2.21. The maximum Gasteiger partial charge on any atom is 0.259 e. The van der Waals surface area contributed by atoms with Crippen molar-refractivity contribution in [3.05, 3.63) is 69.0 Å². The lowest BCUT2D eigenvalue weighted by molar-refractivity contribution is 0.0987. The van der Waals surface area contributed by atoms with Gasteiger partial charge in [0.1, 0.15) is 0 Å². The molecule has 0 spiro atoms. The Kier molecular flexibility index (Phi) is 5.08. The van der Waals surface area contributed by atoms with Crippen LogP contribution in [0.2, 0.25) is 0 Å². The van der Waals surface area contributed by atoms with Crippen molar-refractivity contribution in [3.8, 4) is 0 Å². The fourth-order valence-corrected chi connectivity index (χ4v) is 3.60. The number of hydrogen-bond donors (Lipinski definition) is 1. The van der Waals surface area contributed by atoms with Gasteiger partial charge in [-0.15, -0.1) is 0 Å². The predicted octanol–water partition coefficient (Wildman–Crippen LogP) is 4.73. The highest BCUT2D eigenvalue weighted by molar-refractivity contribution is 7.08. The summed E-state index contributed by atoms with van der Waals surface area (Å²) in [6.07, 6.45) is 0. The third-order valence-corrected chi connectivity index (χ3v) is 4.90. The van der Waals surface area contributed by atoms with E-state index in [9.17, 15) is 9.59 Å². The van der Waals surface area contributed by atoms with E-state index in [1.54, 1.807) is 16.3 Å². The van der Waals surface area contributed by atoms with Gasteiger partial charge in [-0.3, -0.25) is 9.59 Å². The number of thiophene rings is 2. The van der Waals surface area contributed by atoms with Gasteiger partial charge in [0.2, 0.25) is 0 Å². The van der Waals surface area contributed by atoms with E-state index >= 15 is 0 Å². The Morgan fingerprint density at radius 3 is 2.38 bits per heavy atom. The SMILES string of the molecule is CCN(C(=O)c1ccsc1)c1cccc(NC(=O)c2ccsc2)c1. The highest BCUT2D eigenvalue weighted by Gasteiger charge is 2.17. The molecule has 1 N–H and O–H groups in total. The van der Waals surface area contributed by atoms with E-state index in [2.05, 4.69) is 5.32 Å². The predicted molar refractivity (Wildman–Crippen MR) is 100 cm³/mol. The summed E-state index contributed by atoms with van der Waals surface area (Å²) in [4.78, 5) is 26.5. The van der Waals surface area contributed by atoms with Crippen molar-refractivity contribution in [1.82, 2.24) is 0 Å². The van der Waals surface area contributed by atoms with E-state index in [0.717, 1.165) is 5.69 Å². The molecule has 0 saturated carbocycles. The van der Waals surface area contributed by atoms with Crippen LogP contribution in [-0.2, 0) is 0 Å². The number of carbonyl (C=O) groups is 2. The number of nitrogens with one attached hydrogen (secondary N) is 1. The van der Waals surface area contributed by atoms with Gasteiger partial charge in [-0.1, -0.05) is 6.07 Å². The molecule has 3 aromatic rings. The van der Waals surface area contributed by atoms with Gasteiger partial charge in [-0.2, -0.15) is 22.7 Å². The molecule has 3 rings (SSSR count). The van der Waals surface area contributed by atoms with E-state index in [-0.39, 0.29) is 11.8 Å². The van der Waals surface area contributed by atoms with E-state index in [1.807, 2.05) is 53.4 Å². The average molecular weight is 356 g/mol. The van der Waals surface area contributed by atoms with Crippen molar-refractivity contribution in [2.45, 2.75) is 6.92 Å². The standard InChI is InChI=1S/C18H16N2O2S2/c1-2-20(18(22)14-7-9-24-12-14)16-5-3-4-15(10-16)19-17(21)13-6-8-23-11-13/h3-12H,2H2,1H3,(H,19,21). The molecule has 0 bridgehead atoms. The quantitative estimate of drug-likeness (QED) is 0.718. The van der Waals surface area contributed by atoms with Crippen LogP contribution in [-0.4, -0.2) is 18.4 Å². The minimum Gasteiger partial charge on any atom is -0.322 e. The molecule has 2 amide bonds. The maximum atomic E-state index is 12.6. The van der Waals surface area contributed by atoms with Crippen LogP contribution in [0.25, 0.3) is 0 Å². The Morgan fingerprint density at radius 2 is 1.75 bits per heavy atom. The molecule has 0 fully saturated rings. The number of amides is 2. The minimum absolute atomic E-state index is 0.0416. The van der Waals surface area contributed by atoms with Gasteiger partial charge in [0.05, 0.1) is 11.1 Å². The molecular weight excluding hydrogens is 340 g/mol. The first-order valence-electron chi connectivity index (χ1n) is 7.46. The molecule has 0 saturated heterocycles. The third kappa shape index (κ3) is 3.55. The molecule has 0 radical (unpaired) electrons. The number of benzene rings is 1. The second-order valence-electron chi connectivity index (χ2n) is 5.08. The smallest absolute Gasteiger partial charge is 0.259 e. The molecule has 2 aromatic heterocycles. The Balaban J connectivity index is 1.81. The van der Waals surface area contributed by atoms with Gasteiger partial charge in [-0.25, -0.2) is 0 Å². The highest BCUT2D eigenvalue weighted by Crippen LogP contribution is 2.23. The van der Waals surface area contributed by atoms with Crippen LogP contribution in [0.15, 0.2) is 57.9 Å². The molecule has 0 atom stereocenters. The number of hydrogen-bond acceptors (Lipinski definition) is 4. The second-order valence-corrected chi connectivity index (χ2v) is 6.64. The van der Waals surface area contributed by atoms with Crippen LogP contribution in [0.3, 0.4) is 0 Å². The van der Waals surface area contributed by atoms with Crippen molar-refractivity contribution >= 4 is 45.9 Å². The zero-order valence-electron chi connectivity index (χ0n) is 13.1. The zero-order chi connectivity index (χ0) is 16.9. The number of anilines is 2. The van der Waals surface area contributed by atoms with Crippen molar-refractivity contribution < 1.29 is 9.59 Å². The molecule has 0 unspecified atom stereocenters. The van der Waals surface area contributed by atoms with Gasteiger partial charge in [0, 0.05) is 28.7 Å². The Morgan fingerprint density at radius 1 is 1.04 bits per heavy atom. The lowest BCUT2D eigenvalue weighted by Crippen LogP contribution is -2.30. The van der Waals surface area contributed by atoms with E-state index in [0.29, 0.717) is 23.4 Å². The summed E-state index contributed by atoms with van der Waals surface area (Å²) in [5.74, 6) is -0.194. The number of carbonyl (C=O) groups excluding carboxylic acids is 2. The first-order valence-corrected chi connectivity index (χ1v) is 9.35. The Bertz CT molecular complexity index is 827. The summed E-state index contributed by atoms with van der Waals surface area (Å²) in [6.45, 7) is 2.48. The van der Waals surface area contributed by atoms with Crippen LogP contribution in [0, 0.1) is 0 Å². The normalized spacial score (nSPS) is 10.4. The molecule has 4 nitrogen and oxygen atoms in total. The van der Waals surface area contributed by atoms with Crippen LogP contribution in [0.5, 0.6) is 0 Å². The third-order valence-electron chi connectivity index (χ3n) is 3.53. The van der Waals surface area contributed by atoms with Crippen LogP contribution in [0.4, 0.5) is 11.4 Å². The van der Waals surface area contributed by atoms with Crippen molar-refractivity contribution in [2.75, 3.05) is 16.8 Å². The fraction of sp³-hybridized carbons (Fsp3) is 0.111. The summed E-state index contributed by atoms with van der Waals surface area (Å²) in [5, 5.41) is 10.3. The van der Waals surface area contributed by atoms with Gasteiger partial charge in [-0.05, 0) is 48.0 Å². The molecule has 6 heteroatoms. The molecule has 0 aliphatic rings. The monoisotopic (exact) mass is 356 g/mol. The van der Waals surface area contributed by atoms with E-state index in [1.165, 1.54) is 22.7 Å². The summed E-state index contributed by atoms with van der Waals surface area (Å²) < 4.78 is 0.